The maximum Gasteiger partial charge on any atom is 0.0667 e. The highest BCUT2D eigenvalue weighted by Crippen LogP contribution is 2.35. The van der Waals surface area contributed by atoms with Gasteiger partial charge in [0.05, 0.1) is 6.10 Å². The Kier molecular flexibility index (Phi) is 4.66. The van der Waals surface area contributed by atoms with Gasteiger partial charge >= 0.3 is 0 Å². The first-order valence-corrected chi connectivity index (χ1v) is 7.23. The third kappa shape index (κ3) is 2.98. The summed E-state index contributed by atoms with van der Waals surface area (Å²) in [6.07, 6.45) is 10.4. The van der Waals surface area contributed by atoms with Gasteiger partial charge in [-0.15, -0.1) is 0 Å². The molecule has 1 saturated heterocycles. The number of likely N-dealkylation sites (tertiary alicyclic amines) is 1. The molecule has 2 nitrogen and oxygen atoms in total. The van der Waals surface area contributed by atoms with Crippen LogP contribution in [-0.2, 0) is 0 Å². The summed E-state index contributed by atoms with van der Waals surface area (Å²) in [4.78, 5) is 2.58. The zero-order valence-corrected chi connectivity index (χ0v) is 10.7. The molecule has 1 saturated carbocycles. The van der Waals surface area contributed by atoms with Gasteiger partial charge in [-0.1, -0.05) is 26.2 Å². The smallest absolute Gasteiger partial charge is 0.0667 e. The van der Waals surface area contributed by atoms with Crippen LogP contribution in [0.5, 0.6) is 0 Å². The molecule has 16 heavy (non-hydrogen) atoms. The molecule has 2 rings (SSSR count). The van der Waals surface area contributed by atoms with Gasteiger partial charge in [0.25, 0.3) is 0 Å². The van der Waals surface area contributed by atoms with E-state index < -0.39 is 0 Å². The number of hydrogen-bond donors (Lipinski definition) is 1. The quantitative estimate of drug-likeness (QED) is 0.777. The van der Waals surface area contributed by atoms with Crippen LogP contribution in [0.15, 0.2) is 0 Å². The summed E-state index contributed by atoms with van der Waals surface area (Å²) in [6, 6.07) is 0.800. The lowest BCUT2D eigenvalue weighted by atomic mass is 9.96. The number of β-amino-alcohol motifs (C(OH)–C–C–N with tert-alkyl or cyclic N) is 1. The second-order valence-electron chi connectivity index (χ2n) is 5.69. The van der Waals surface area contributed by atoms with Crippen molar-refractivity contribution >= 4 is 0 Å². The van der Waals surface area contributed by atoms with E-state index in [1.165, 1.54) is 45.1 Å². The van der Waals surface area contributed by atoms with Crippen LogP contribution in [0.2, 0.25) is 0 Å². The molecule has 0 radical (unpaired) electrons. The predicted octanol–water partition coefficient (Wildman–Crippen LogP) is 2.80. The number of aliphatic hydroxyl groups is 1. The van der Waals surface area contributed by atoms with E-state index >= 15 is 0 Å². The zero-order chi connectivity index (χ0) is 11.4. The number of rotatable bonds is 5. The average Bonchev–Trinajstić information content (AvgIpc) is 2.86. The Morgan fingerprint density at radius 2 is 1.94 bits per heavy atom. The maximum absolute atomic E-state index is 9.93. The Balaban J connectivity index is 1.82. The van der Waals surface area contributed by atoms with Crippen LogP contribution in [-0.4, -0.2) is 35.2 Å². The van der Waals surface area contributed by atoms with Gasteiger partial charge in [-0.3, -0.25) is 4.90 Å². The van der Waals surface area contributed by atoms with Gasteiger partial charge in [-0.2, -0.15) is 0 Å². The third-order valence-electron chi connectivity index (χ3n) is 4.43. The molecule has 0 aromatic rings. The van der Waals surface area contributed by atoms with Crippen molar-refractivity contribution in [2.24, 2.45) is 5.92 Å². The summed E-state index contributed by atoms with van der Waals surface area (Å²) in [7, 11) is 0. The van der Waals surface area contributed by atoms with Crippen LogP contribution in [0.25, 0.3) is 0 Å². The van der Waals surface area contributed by atoms with E-state index in [0.29, 0.717) is 0 Å². The molecular weight excluding hydrogens is 198 g/mol. The highest BCUT2D eigenvalue weighted by Gasteiger charge is 2.33. The van der Waals surface area contributed by atoms with E-state index in [1.807, 2.05) is 0 Å². The molecule has 0 aromatic carbocycles. The van der Waals surface area contributed by atoms with Crippen LogP contribution in [0.4, 0.5) is 0 Å². The van der Waals surface area contributed by atoms with Gasteiger partial charge in [0.2, 0.25) is 0 Å². The molecule has 0 bridgehead atoms. The first-order chi connectivity index (χ1) is 7.81. The van der Waals surface area contributed by atoms with Crippen molar-refractivity contribution in [3.05, 3.63) is 0 Å². The Morgan fingerprint density at radius 1 is 1.19 bits per heavy atom. The molecule has 0 amide bonds. The van der Waals surface area contributed by atoms with E-state index in [0.717, 1.165) is 31.3 Å². The second-order valence-corrected chi connectivity index (χ2v) is 5.69. The topological polar surface area (TPSA) is 23.5 Å². The van der Waals surface area contributed by atoms with Crippen LogP contribution in [0, 0.1) is 5.92 Å². The molecule has 2 fully saturated rings. The summed E-state index contributed by atoms with van der Waals surface area (Å²) in [5, 5.41) is 9.93. The standard InChI is InChI=1S/C14H27NO/c1-2-6-13(16)11-15-10-5-9-14(15)12-7-3-4-8-12/h12-14,16H,2-11H2,1H3. The van der Waals surface area contributed by atoms with Crippen LogP contribution in [0.1, 0.15) is 58.3 Å². The van der Waals surface area contributed by atoms with Crippen molar-refractivity contribution in [1.29, 1.82) is 0 Å². The fourth-order valence-electron chi connectivity index (χ4n) is 3.65. The molecule has 1 aliphatic carbocycles. The SMILES string of the molecule is CCCC(O)CN1CCCC1C1CCCC1. The zero-order valence-electron chi connectivity index (χ0n) is 10.7. The summed E-state index contributed by atoms with van der Waals surface area (Å²) in [5.41, 5.74) is 0. The van der Waals surface area contributed by atoms with Crippen molar-refractivity contribution < 1.29 is 5.11 Å². The van der Waals surface area contributed by atoms with E-state index in [9.17, 15) is 5.11 Å². The van der Waals surface area contributed by atoms with Crippen molar-refractivity contribution in [3.63, 3.8) is 0 Å². The van der Waals surface area contributed by atoms with Crippen molar-refractivity contribution in [1.82, 2.24) is 4.90 Å². The van der Waals surface area contributed by atoms with Gasteiger partial charge in [-0.25, -0.2) is 0 Å². The normalized spacial score (nSPS) is 30.0. The lowest BCUT2D eigenvalue weighted by Gasteiger charge is -2.30. The fraction of sp³-hybridized carbons (Fsp3) is 1.00. The first kappa shape index (κ1) is 12.4. The van der Waals surface area contributed by atoms with Crippen molar-refractivity contribution in [2.45, 2.75) is 70.4 Å². The highest BCUT2D eigenvalue weighted by atomic mass is 16.3. The number of aliphatic hydroxyl groups excluding tert-OH is 1. The summed E-state index contributed by atoms with van der Waals surface area (Å²) in [6.45, 7) is 4.30. The molecule has 94 valence electrons. The highest BCUT2D eigenvalue weighted by molar-refractivity contribution is 4.88. The maximum atomic E-state index is 9.93. The van der Waals surface area contributed by atoms with Gasteiger partial charge in [0, 0.05) is 12.6 Å². The molecule has 0 aromatic heterocycles. The first-order valence-electron chi connectivity index (χ1n) is 7.23. The predicted molar refractivity (Wildman–Crippen MR) is 67.5 cm³/mol. The van der Waals surface area contributed by atoms with Crippen LogP contribution in [0.3, 0.4) is 0 Å². The minimum absolute atomic E-state index is 0.0907. The summed E-state index contributed by atoms with van der Waals surface area (Å²) < 4.78 is 0. The van der Waals surface area contributed by atoms with Crippen LogP contribution >= 0.6 is 0 Å². The number of nitrogens with zero attached hydrogens (tertiary/aromatic N) is 1. The monoisotopic (exact) mass is 225 g/mol. The molecule has 2 heteroatoms. The van der Waals surface area contributed by atoms with E-state index in [2.05, 4.69) is 11.8 Å². The third-order valence-corrected chi connectivity index (χ3v) is 4.43. The summed E-state index contributed by atoms with van der Waals surface area (Å²) in [5.74, 6) is 0.941. The summed E-state index contributed by atoms with van der Waals surface area (Å²) >= 11 is 0. The second kappa shape index (κ2) is 6.02. The minimum Gasteiger partial charge on any atom is -0.392 e. The Morgan fingerprint density at radius 3 is 2.62 bits per heavy atom. The molecule has 0 spiro atoms. The minimum atomic E-state index is -0.0907. The number of hydrogen-bond acceptors (Lipinski definition) is 2. The van der Waals surface area contributed by atoms with E-state index in [-0.39, 0.29) is 6.10 Å². The fourth-order valence-corrected chi connectivity index (χ4v) is 3.65. The van der Waals surface area contributed by atoms with Gasteiger partial charge in [-0.05, 0) is 44.6 Å². The molecule has 1 N–H and O–H groups in total. The van der Waals surface area contributed by atoms with Gasteiger partial charge < -0.3 is 5.11 Å². The molecule has 2 aliphatic rings. The Hall–Kier alpha value is -0.0800. The Bertz CT molecular complexity index is 201. The molecule has 2 unspecified atom stereocenters. The van der Waals surface area contributed by atoms with E-state index in [4.69, 9.17) is 0 Å². The largest absolute Gasteiger partial charge is 0.392 e. The van der Waals surface area contributed by atoms with E-state index in [1.54, 1.807) is 0 Å². The molecule has 1 aliphatic heterocycles. The van der Waals surface area contributed by atoms with Gasteiger partial charge in [0.1, 0.15) is 0 Å². The van der Waals surface area contributed by atoms with Crippen LogP contribution < -0.4 is 0 Å². The Labute approximate surface area is 100 Å². The lowest BCUT2D eigenvalue weighted by molar-refractivity contribution is 0.0834. The molecule has 1 heterocycles. The van der Waals surface area contributed by atoms with Crippen molar-refractivity contribution in [2.75, 3.05) is 13.1 Å². The lowest BCUT2D eigenvalue weighted by Crippen LogP contribution is -2.39. The van der Waals surface area contributed by atoms with Gasteiger partial charge in [0.15, 0.2) is 0 Å². The van der Waals surface area contributed by atoms with Crippen molar-refractivity contribution in [3.8, 4) is 0 Å². The molecule has 2 atom stereocenters. The molecular formula is C14H27NO. The average molecular weight is 225 g/mol.